The van der Waals surface area contributed by atoms with Crippen LogP contribution in [-0.2, 0) is 28.9 Å². The average Bonchev–Trinajstić information content (AvgIpc) is 3.05. The molecular weight excluding hydrogens is 404 g/mol. The second-order valence-corrected chi connectivity index (χ2v) is 8.86. The fourth-order valence-corrected chi connectivity index (χ4v) is 4.75. The van der Waals surface area contributed by atoms with Crippen LogP contribution in [0, 0.1) is 5.92 Å². The van der Waals surface area contributed by atoms with E-state index in [-0.39, 0.29) is 12.1 Å². The number of hydrogen-bond acceptors (Lipinski definition) is 5. The lowest BCUT2D eigenvalue weighted by Gasteiger charge is -2.26. The molecule has 5 nitrogen and oxygen atoms in total. The Morgan fingerprint density at radius 1 is 1.34 bits per heavy atom. The van der Waals surface area contributed by atoms with Gasteiger partial charge in [0.1, 0.15) is 5.00 Å². The van der Waals surface area contributed by atoms with E-state index in [4.69, 9.17) is 21.7 Å². The van der Waals surface area contributed by atoms with Crippen LogP contribution in [0.15, 0.2) is 30.3 Å². The van der Waals surface area contributed by atoms with Gasteiger partial charge in [-0.05, 0) is 42.6 Å². The van der Waals surface area contributed by atoms with Gasteiger partial charge in [0, 0.05) is 17.8 Å². The number of hydrogen-bond donors (Lipinski definition) is 2. The molecule has 1 aliphatic rings. The van der Waals surface area contributed by atoms with E-state index in [0.717, 1.165) is 21.9 Å². The van der Waals surface area contributed by atoms with Gasteiger partial charge < -0.3 is 20.1 Å². The lowest BCUT2D eigenvalue weighted by atomic mass is 9.94. The van der Waals surface area contributed by atoms with Crippen LogP contribution < -0.4 is 10.6 Å². The Labute approximate surface area is 181 Å². The number of ether oxygens (including phenoxy) is 2. The van der Waals surface area contributed by atoms with E-state index >= 15 is 0 Å². The highest BCUT2D eigenvalue weighted by Crippen LogP contribution is 2.39. The van der Waals surface area contributed by atoms with Gasteiger partial charge in [0.15, 0.2) is 5.11 Å². The summed E-state index contributed by atoms with van der Waals surface area (Å²) in [6.45, 7) is 7.67. The second kappa shape index (κ2) is 10.2. The number of benzene rings is 1. The van der Waals surface area contributed by atoms with Crippen LogP contribution >= 0.6 is 23.6 Å². The number of esters is 1. The molecule has 0 bridgehead atoms. The lowest BCUT2D eigenvalue weighted by Crippen LogP contribution is -2.30. The molecule has 2 aromatic rings. The van der Waals surface area contributed by atoms with Crippen molar-refractivity contribution in [2.24, 2.45) is 5.92 Å². The zero-order chi connectivity index (χ0) is 20.8. The third kappa shape index (κ3) is 5.56. The fraction of sp³-hybridized carbons (Fsp3) is 0.455. The summed E-state index contributed by atoms with van der Waals surface area (Å²) in [6.07, 6.45) is 1.69. The van der Waals surface area contributed by atoms with Gasteiger partial charge in [-0.1, -0.05) is 44.2 Å². The van der Waals surface area contributed by atoms with Gasteiger partial charge in [-0.25, -0.2) is 4.79 Å². The van der Waals surface area contributed by atoms with Crippen LogP contribution in [0.4, 0.5) is 5.00 Å². The minimum Gasteiger partial charge on any atom is -0.462 e. The van der Waals surface area contributed by atoms with Crippen molar-refractivity contribution < 1.29 is 14.3 Å². The first-order valence-corrected chi connectivity index (χ1v) is 11.2. The Balaban J connectivity index is 1.71. The second-order valence-electron chi connectivity index (χ2n) is 7.34. The Hall–Kier alpha value is -1.96. The number of thiocarbonyl (C=S) groups is 1. The normalized spacial score (nSPS) is 15.7. The summed E-state index contributed by atoms with van der Waals surface area (Å²) in [5.41, 5.74) is 2.89. The first-order chi connectivity index (χ1) is 14.0. The molecule has 0 aliphatic carbocycles. The van der Waals surface area contributed by atoms with Crippen molar-refractivity contribution in [2.75, 3.05) is 18.5 Å². The number of anilines is 1. The minimum absolute atomic E-state index is 0.106. The van der Waals surface area contributed by atoms with E-state index in [2.05, 4.69) is 36.6 Å². The summed E-state index contributed by atoms with van der Waals surface area (Å²) in [4.78, 5) is 13.8. The molecule has 0 saturated heterocycles. The summed E-state index contributed by atoms with van der Waals surface area (Å²) in [5.74, 6) is 0.0826. The highest BCUT2D eigenvalue weighted by atomic mass is 32.1. The molecule has 0 fully saturated rings. The summed E-state index contributed by atoms with van der Waals surface area (Å²) in [7, 11) is 0. The molecule has 0 saturated carbocycles. The number of thiophene rings is 1. The van der Waals surface area contributed by atoms with Crippen molar-refractivity contribution in [2.45, 2.75) is 46.3 Å². The predicted molar refractivity (Wildman–Crippen MR) is 122 cm³/mol. The van der Waals surface area contributed by atoms with Gasteiger partial charge in [-0.15, -0.1) is 11.3 Å². The van der Waals surface area contributed by atoms with Gasteiger partial charge in [0.2, 0.25) is 0 Å². The summed E-state index contributed by atoms with van der Waals surface area (Å²) in [5, 5.41) is 7.69. The van der Waals surface area contributed by atoms with Crippen LogP contribution in [-0.4, -0.2) is 30.3 Å². The van der Waals surface area contributed by atoms with Gasteiger partial charge in [0.05, 0.1) is 24.9 Å². The van der Waals surface area contributed by atoms with E-state index in [1.54, 1.807) is 0 Å². The molecule has 3 rings (SSSR count). The third-order valence-corrected chi connectivity index (χ3v) is 6.28. The van der Waals surface area contributed by atoms with Crippen molar-refractivity contribution in [3.8, 4) is 0 Å². The fourth-order valence-electron chi connectivity index (χ4n) is 3.34. The molecule has 1 aromatic carbocycles. The molecule has 7 heteroatoms. The van der Waals surface area contributed by atoms with E-state index in [0.29, 0.717) is 42.8 Å². The molecule has 2 N–H and O–H groups in total. The maximum absolute atomic E-state index is 12.7. The Morgan fingerprint density at radius 3 is 2.79 bits per heavy atom. The van der Waals surface area contributed by atoms with Crippen molar-refractivity contribution in [3.05, 3.63) is 51.9 Å². The molecular formula is C22H28N2O3S2. The molecule has 1 aliphatic heterocycles. The molecule has 0 amide bonds. The van der Waals surface area contributed by atoms with Crippen molar-refractivity contribution in [1.82, 2.24) is 5.32 Å². The first-order valence-electron chi connectivity index (χ1n) is 10.0. The topological polar surface area (TPSA) is 59.6 Å². The third-order valence-electron chi connectivity index (χ3n) is 4.92. The number of fused-ring (bicyclic) bond motifs is 1. The quantitative estimate of drug-likeness (QED) is 0.494. The van der Waals surface area contributed by atoms with Crippen LogP contribution in [0.2, 0.25) is 0 Å². The van der Waals surface area contributed by atoms with Gasteiger partial charge in [0.25, 0.3) is 0 Å². The van der Waals surface area contributed by atoms with Crippen LogP contribution in [0.1, 0.15) is 47.1 Å². The smallest absolute Gasteiger partial charge is 0.341 e. The lowest BCUT2D eigenvalue weighted by molar-refractivity contribution is 0.00124. The highest BCUT2D eigenvalue weighted by Gasteiger charge is 2.31. The van der Waals surface area contributed by atoms with E-state index < -0.39 is 0 Å². The molecule has 29 heavy (non-hydrogen) atoms. The Kier molecular flexibility index (Phi) is 7.64. The Morgan fingerprint density at radius 2 is 2.10 bits per heavy atom. The molecule has 0 radical (unpaired) electrons. The molecule has 156 valence electrons. The van der Waals surface area contributed by atoms with E-state index in [1.165, 1.54) is 16.9 Å². The average molecular weight is 433 g/mol. The molecule has 0 unspecified atom stereocenters. The maximum atomic E-state index is 12.7. The predicted octanol–water partition coefficient (Wildman–Crippen LogP) is 4.55. The highest BCUT2D eigenvalue weighted by molar-refractivity contribution is 7.80. The summed E-state index contributed by atoms with van der Waals surface area (Å²) >= 11 is 6.99. The van der Waals surface area contributed by atoms with Gasteiger partial charge >= 0.3 is 5.97 Å². The van der Waals surface area contributed by atoms with Crippen molar-refractivity contribution >= 4 is 39.6 Å². The monoisotopic (exact) mass is 432 g/mol. The number of nitrogens with one attached hydrogen (secondary N) is 2. The molecule has 2 heterocycles. The largest absolute Gasteiger partial charge is 0.462 e. The zero-order valence-corrected chi connectivity index (χ0v) is 18.8. The minimum atomic E-state index is -0.302. The molecule has 1 atom stereocenters. The Bertz CT molecular complexity index is 849. The zero-order valence-electron chi connectivity index (χ0n) is 17.1. The van der Waals surface area contributed by atoms with E-state index in [1.807, 2.05) is 25.1 Å². The standard InChI is InChI=1S/C22H28N2O3S2/c1-4-26-21(25)19-16-12-17(14(2)3)27-13-18(16)29-20(19)24-22(28)23-11-10-15-8-6-5-7-9-15/h5-9,14,17H,4,10-13H2,1-3H3,(H2,23,24,28)/t17-/m1/s1. The summed E-state index contributed by atoms with van der Waals surface area (Å²) < 4.78 is 11.3. The number of rotatable bonds is 7. The van der Waals surface area contributed by atoms with Crippen LogP contribution in [0.5, 0.6) is 0 Å². The maximum Gasteiger partial charge on any atom is 0.341 e. The van der Waals surface area contributed by atoms with Crippen LogP contribution in [0.3, 0.4) is 0 Å². The molecule has 0 spiro atoms. The van der Waals surface area contributed by atoms with Gasteiger partial charge in [-0.2, -0.15) is 0 Å². The first kappa shape index (κ1) is 21.7. The number of carbonyl (C=O) groups excluding carboxylic acids is 1. The van der Waals surface area contributed by atoms with Crippen molar-refractivity contribution in [1.29, 1.82) is 0 Å². The number of carbonyl (C=O) groups is 1. The summed E-state index contributed by atoms with van der Waals surface area (Å²) in [6, 6.07) is 10.2. The van der Waals surface area contributed by atoms with Crippen LogP contribution in [0.25, 0.3) is 0 Å². The molecule has 1 aromatic heterocycles. The van der Waals surface area contributed by atoms with Gasteiger partial charge in [-0.3, -0.25) is 0 Å². The SMILES string of the molecule is CCOC(=O)c1c(NC(=S)NCCc2ccccc2)sc2c1C[C@H](C(C)C)OC2. The van der Waals surface area contributed by atoms with Crippen molar-refractivity contribution in [3.63, 3.8) is 0 Å². The van der Waals surface area contributed by atoms with E-state index in [9.17, 15) is 4.79 Å².